The summed E-state index contributed by atoms with van der Waals surface area (Å²) in [4.78, 5) is 0.654. The van der Waals surface area contributed by atoms with E-state index in [9.17, 15) is 4.55 Å². The zero-order valence-corrected chi connectivity index (χ0v) is 26.0. The molecule has 2 unspecified atom stereocenters. The van der Waals surface area contributed by atoms with Crippen molar-refractivity contribution < 1.29 is 27.7 Å². The standard InChI is InChI=1S/C32H30Br2O6S/c33-25-15-11-22(12-16-25)19-36-30-29-28(21-37-31(39-29)24-7-3-1-4-8-24)40-41(35,27-9-5-2-6-10-27)32(30)38-20-23-13-17-26(34)18-14-23/h1-18,28-32,35H,19-21H2/t28-,29-,30+,31?,32-/m1/s1. The molecule has 0 bridgehead atoms. The molecule has 2 heterocycles. The third kappa shape index (κ3) is 6.64. The number of rotatable bonds is 8. The largest absolute Gasteiger partial charge is 0.366 e. The normalized spacial score (nSPS) is 29.3. The molecule has 2 saturated heterocycles. The second-order valence-electron chi connectivity index (χ2n) is 9.90. The van der Waals surface area contributed by atoms with Gasteiger partial charge in [-0.05, 0) is 47.5 Å². The molecule has 2 fully saturated rings. The van der Waals surface area contributed by atoms with Crippen molar-refractivity contribution in [1.29, 1.82) is 0 Å². The molecule has 6 nitrogen and oxygen atoms in total. The van der Waals surface area contributed by atoms with Crippen LogP contribution >= 0.6 is 42.4 Å². The molecule has 0 amide bonds. The van der Waals surface area contributed by atoms with Gasteiger partial charge < -0.3 is 18.9 Å². The monoisotopic (exact) mass is 700 g/mol. The van der Waals surface area contributed by atoms with Crippen molar-refractivity contribution >= 4 is 42.4 Å². The summed E-state index contributed by atoms with van der Waals surface area (Å²) in [6.07, 6.45) is -2.35. The summed E-state index contributed by atoms with van der Waals surface area (Å²) in [6, 6.07) is 35.1. The molecule has 4 aromatic carbocycles. The highest BCUT2D eigenvalue weighted by Gasteiger charge is 2.55. The van der Waals surface area contributed by atoms with Gasteiger partial charge in [-0.1, -0.05) is 105 Å². The van der Waals surface area contributed by atoms with Gasteiger partial charge in [0.15, 0.2) is 11.7 Å². The Kier molecular flexibility index (Phi) is 9.26. The van der Waals surface area contributed by atoms with Gasteiger partial charge in [-0.25, -0.2) is 0 Å². The molecule has 9 heteroatoms. The first-order valence-electron chi connectivity index (χ1n) is 13.3. The summed E-state index contributed by atoms with van der Waals surface area (Å²) < 4.78 is 46.8. The summed E-state index contributed by atoms with van der Waals surface area (Å²) in [5, 5.41) is 0. The fraction of sp³-hybridized carbons (Fsp3) is 0.250. The zero-order chi connectivity index (χ0) is 28.2. The fourth-order valence-electron chi connectivity index (χ4n) is 4.98. The van der Waals surface area contributed by atoms with E-state index in [2.05, 4.69) is 31.9 Å². The molecule has 0 spiro atoms. The predicted octanol–water partition coefficient (Wildman–Crippen LogP) is 8.40. The maximum Gasteiger partial charge on any atom is 0.184 e. The van der Waals surface area contributed by atoms with Crippen molar-refractivity contribution in [2.24, 2.45) is 0 Å². The van der Waals surface area contributed by atoms with Crippen LogP contribution in [-0.4, -0.2) is 34.9 Å². The number of halogens is 2. The van der Waals surface area contributed by atoms with Crippen LogP contribution in [0.1, 0.15) is 23.0 Å². The SMILES string of the molecule is OS1(c2ccccc2)O[C@@H]2COC(c3ccccc3)O[C@H]2[C@H](OCc2ccc(Br)cc2)[C@@H]1OCc1ccc(Br)cc1. The van der Waals surface area contributed by atoms with Crippen LogP contribution in [0.3, 0.4) is 0 Å². The molecular weight excluding hydrogens is 672 g/mol. The van der Waals surface area contributed by atoms with Gasteiger partial charge in [0.25, 0.3) is 0 Å². The Hall–Kier alpha value is -2.05. The molecule has 6 rings (SSSR count). The maximum absolute atomic E-state index is 12.4. The van der Waals surface area contributed by atoms with E-state index in [0.29, 0.717) is 11.5 Å². The van der Waals surface area contributed by atoms with Gasteiger partial charge in [0, 0.05) is 14.5 Å². The highest BCUT2D eigenvalue weighted by molar-refractivity contribution is 9.10. The second-order valence-corrected chi connectivity index (χ2v) is 14.0. The summed E-state index contributed by atoms with van der Waals surface area (Å²) in [6.45, 7) is 0.811. The average Bonchev–Trinajstić information content (AvgIpc) is 3.01. The van der Waals surface area contributed by atoms with E-state index in [4.69, 9.17) is 23.1 Å². The minimum atomic E-state index is -2.97. The summed E-state index contributed by atoms with van der Waals surface area (Å²) in [7, 11) is -2.97. The van der Waals surface area contributed by atoms with Crippen molar-refractivity contribution in [2.75, 3.05) is 6.61 Å². The van der Waals surface area contributed by atoms with Crippen LogP contribution in [0, 0.1) is 0 Å². The molecule has 0 radical (unpaired) electrons. The van der Waals surface area contributed by atoms with Crippen molar-refractivity contribution in [3.8, 4) is 0 Å². The third-order valence-electron chi connectivity index (χ3n) is 7.07. The average molecular weight is 702 g/mol. The second kappa shape index (κ2) is 13.1. The van der Waals surface area contributed by atoms with Gasteiger partial charge in [0.05, 0.1) is 24.7 Å². The van der Waals surface area contributed by atoms with Crippen LogP contribution in [0.5, 0.6) is 0 Å². The third-order valence-corrected chi connectivity index (χ3v) is 10.7. The van der Waals surface area contributed by atoms with Crippen molar-refractivity contribution in [1.82, 2.24) is 0 Å². The lowest BCUT2D eigenvalue weighted by Crippen LogP contribution is -2.59. The van der Waals surface area contributed by atoms with E-state index >= 15 is 0 Å². The lowest BCUT2D eigenvalue weighted by Gasteiger charge is -2.56. The summed E-state index contributed by atoms with van der Waals surface area (Å²) in [5.41, 5.74) is 2.03. The number of hydrogen-bond acceptors (Lipinski definition) is 6. The highest BCUT2D eigenvalue weighted by atomic mass is 79.9. The molecule has 2 aliphatic rings. The van der Waals surface area contributed by atoms with E-state index in [-0.39, 0.29) is 13.2 Å². The molecular formula is C32H30Br2O6S. The topological polar surface area (TPSA) is 66.4 Å². The van der Waals surface area contributed by atoms with Gasteiger partial charge in [-0.15, -0.1) is 10.6 Å². The number of benzene rings is 4. The molecule has 0 saturated carbocycles. The van der Waals surface area contributed by atoms with Crippen LogP contribution in [0.4, 0.5) is 0 Å². The van der Waals surface area contributed by atoms with Crippen LogP contribution in [-0.2, 0) is 36.3 Å². The van der Waals surface area contributed by atoms with Crippen LogP contribution in [0.2, 0.25) is 0 Å². The first-order chi connectivity index (χ1) is 20.0. The number of ether oxygens (including phenoxy) is 4. The molecule has 1 N–H and O–H groups in total. The Morgan fingerprint density at radius 3 is 1.90 bits per heavy atom. The van der Waals surface area contributed by atoms with Gasteiger partial charge in [0.1, 0.15) is 18.3 Å². The van der Waals surface area contributed by atoms with Crippen LogP contribution in [0.15, 0.2) is 123 Å². The van der Waals surface area contributed by atoms with Gasteiger partial charge in [-0.3, -0.25) is 8.74 Å². The highest BCUT2D eigenvalue weighted by Crippen LogP contribution is 2.64. The molecule has 41 heavy (non-hydrogen) atoms. The zero-order valence-electron chi connectivity index (χ0n) is 22.1. The molecule has 2 aliphatic heterocycles. The molecule has 0 aliphatic carbocycles. The Morgan fingerprint density at radius 1 is 0.732 bits per heavy atom. The predicted molar refractivity (Wildman–Crippen MR) is 165 cm³/mol. The van der Waals surface area contributed by atoms with Crippen molar-refractivity contribution in [2.45, 2.75) is 48.1 Å². The fourth-order valence-corrected chi connectivity index (χ4v) is 7.94. The molecule has 214 valence electrons. The Morgan fingerprint density at radius 2 is 1.29 bits per heavy atom. The van der Waals surface area contributed by atoms with Crippen LogP contribution < -0.4 is 0 Å². The van der Waals surface area contributed by atoms with E-state index in [1.54, 1.807) is 0 Å². The van der Waals surface area contributed by atoms with Crippen molar-refractivity contribution in [3.63, 3.8) is 0 Å². The number of hydrogen-bond donors (Lipinski definition) is 1. The van der Waals surface area contributed by atoms with Gasteiger partial charge in [-0.2, -0.15) is 0 Å². The first kappa shape index (κ1) is 29.0. The lowest BCUT2D eigenvalue weighted by molar-refractivity contribution is -0.291. The summed E-state index contributed by atoms with van der Waals surface area (Å²) in [5.74, 6) is 0. The minimum Gasteiger partial charge on any atom is -0.366 e. The van der Waals surface area contributed by atoms with Crippen LogP contribution in [0.25, 0.3) is 0 Å². The molecule has 6 atom stereocenters. The van der Waals surface area contributed by atoms with E-state index in [0.717, 1.165) is 25.6 Å². The maximum atomic E-state index is 12.4. The lowest BCUT2D eigenvalue weighted by atomic mass is 10.1. The molecule has 0 aromatic heterocycles. The Labute approximate surface area is 258 Å². The quantitative estimate of drug-likeness (QED) is 0.199. The Bertz CT molecular complexity index is 1410. The Balaban J connectivity index is 1.36. The smallest absolute Gasteiger partial charge is 0.184 e. The first-order valence-corrected chi connectivity index (χ1v) is 16.5. The summed E-state index contributed by atoms with van der Waals surface area (Å²) >= 11 is 6.99. The van der Waals surface area contributed by atoms with Crippen molar-refractivity contribution in [3.05, 3.63) is 135 Å². The molecule has 4 aromatic rings. The minimum absolute atomic E-state index is 0.240. The van der Waals surface area contributed by atoms with Gasteiger partial charge >= 0.3 is 0 Å². The van der Waals surface area contributed by atoms with E-state index in [1.807, 2.05) is 109 Å². The van der Waals surface area contributed by atoms with E-state index in [1.165, 1.54) is 0 Å². The van der Waals surface area contributed by atoms with E-state index < -0.39 is 40.6 Å². The van der Waals surface area contributed by atoms with Gasteiger partial charge in [0.2, 0.25) is 0 Å². The number of fused-ring (bicyclic) bond motifs is 1.